The molecule has 0 bridgehead atoms. The second kappa shape index (κ2) is 6.51. The van der Waals surface area contributed by atoms with E-state index in [0.29, 0.717) is 5.69 Å². The van der Waals surface area contributed by atoms with Gasteiger partial charge in [0.1, 0.15) is 11.7 Å². The number of non-ortho nitro benzene ring substituents is 1. The van der Waals surface area contributed by atoms with Crippen LogP contribution in [-0.4, -0.2) is 31.8 Å². The third-order valence-corrected chi connectivity index (χ3v) is 3.04. The molecule has 0 saturated carbocycles. The molecule has 2 aromatic rings. The van der Waals surface area contributed by atoms with Gasteiger partial charge in [0.2, 0.25) is 5.91 Å². The number of nitrogens with two attached hydrogens (primary N) is 1. The number of carbonyl (C=O) groups excluding carboxylic acids is 1. The zero-order valence-electron chi connectivity index (χ0n) is 11.6. The minimum atomic E-state index is -0.949. The van der Waals surface area contributed by atoms with E-state index in [1.807, 2.05) is 0 Å². The number of nitro groups is 2. The first-order valence-electron chi connectivity index (χ1n) is 6.34. The molecule has 0 aliphatic heterocycles. The fourth-order valence-electron chi connectivity index (χ4n) is 1.93. The van der Waals surface area contributed by atoms with Crippen molar-refractivity contribution in [3.8, 4) is 0 Å². The van der Waals surface area contributed by atoms with Gasteiger partial charge in [0.25, 0.3) is 11.4 Å². The molecular weight excluding hydrogens is 308 g/mol. The highest BCUT2D eigenvalue weighted by molar-refractivity contribution is 5.84. The van der Waals surface area contributed by atoms with Crippen LogP contribution in [0.5, 0.6) is 0 Å². The van der Waals surface area contributed by atoms with E-state index in [-0.39, 0.29) is 12.1 Å². The Balaban J connectivity index is 2.30. The third-order valence-electron chi connectivity index (χ3n) is 3.04. The van der Waals surface area contributed by atoms with E-state index in [2.05, 4.69) is 15.3 Å². The topological polar surface area (TPSA) is 170 Å². The normalized spacial score (nSPS) is 11.7. The van der Waals surface area contributed by atoms with Gasteiger partial charge in [0.15, 0.2) is 0 Å². The average molecular weight is 320 g/mol. The fraction of sp³-hybridized carbons (Fsp3) is 0.167. The van der Waals surface area contributed by atoms with Crippen LogP contribution in [0, 0.1) is 20.2 Å². The van der Waals surface area contributed by atoms with Crippen molar-refractivity contribution in [2.45, 2.75) is 12.5 Å². The number of H-pyrrole nitrogens is 1. The molecule has 1 heterocycles. The van der Waals surface area contributed by atoms with Crippen molar-refractivity contribution in [3.05, 3.63) is 56.6 Å². The minimum absolute atomic E-state index is 0.0380. The Labute approximate surface area is 128 Å². The lowest BCUT2D eigenvalue weighted by Crippen LogP contribution is -2.37. The number of hydrogen-bond donors (Lipinski definition) is 3. The highest BCUT2D eigenvalue weighted by Gasteiger charge is 2.24. The molecule has 4 N–H and O–H groups in total. The molecule has 0 fully saturated rings. The molecule has 0 aliphatic rings. The number of hydrogen-bond acceptors (Lipinski definition) is 7. The molecule has 1 aromatic heterocycles. The van der Waals surface area contributed by atoms with Crippen molar-refractivity contribution in [2.24, 2.45) is 5.73 Å². The molecule has 0 aliphatic carbocycles. The number of aromatic nitrogens is 2. The summed E-state index contributed by atoms with van der Waals surface area (Å²) in [4.78, 5) is 38.4. The summed E-state index contributed by atoms with van der Waals surface area (Å²) < 4.78 is 0. The van der Waals surface area contributed by atoms with Crippen LogP contribution in [0.4, 0.5) is 17.1 Å². The van der Waals surface area contributed by atoms with Crippen molar-refractivity contribution in [3.63, 3.8) is 0 Å². The van der Waals surface area contributed by atoms with Gasteiger partial charge in [-0.05, 0) is 6.07 Å². The number of nitrogens with one attached hydrogen (secondary N) is 2. The van der Waals surface area contributed by atoms with Crippen LogP contribution >= 0.6 is 0 Å². The molecular formula is C12H12N6O5. The van der Waals surface area contributed by atoms with Crippen molar-refractivity contribution < 1.29 is 14.6 Å². The number of anilines is 1. The van der Waals surface area contributed by atoms with E-state index >= 15 is 0 Å². The van der Waals surface area contributed by atoms with Crippen LogP contribution in [-0.2, 0) is 11.2 Å². The number of carbonyl (C=O) groups is 1. The number of rotatable bonds is 7. The van der Waals surface area contributed by atoms with Crippen LogP contribution in [0.15, 0.2) is 30.7 Å². The van der Waals surface area contributed by atoms with E-state index in [1.54, 1.807) is 0 Å². The van der Waals surface area contributed by atoms with Gasteiger partial charge >= 0.3 is 0 Å². The lowest BCUT2D eigenvalue weighted by Gasteiger charge is -2.15. The Morgan fingerprint density at radius 2 is 2.09 bits per heavy atom. The number of nitro benzene ring substituents is 2. The maximum Gasteiger partial charge on any atom is 0.299 e. The van der Waals surface area contributed by atoms with Crippen LogP contribution in [0.3, 0.4) is 0 Å². The number of primary amides is 1. The Bertz CT molecular complexity index is 744. The van der Waals surface area contributed by atoms with Crippen LogP contribution in [0.25, 0.3) is 0 Å². The highest BCUT2D eigenvalue weighted by atomic mass is 16.6. The van der Waals surface area contributed by atoms with Gasteiger partial charge in [-0.25, -0.2) is 4.98 Å². The summed E-state index contributed by atoms with van der Waals surface area (Å²) in [5.74, 6) is -0.729. The average Bonchev–Trinajstić information content (AvgIpc) is 2.99. The minimum Gasteiger partial charge on any atom is -0.368 e. The predicted molar refractivity (Wildman–Crippen MR) is 78.6 cm³/mol. The molecule has 11 heteroatoms. The molecule has 0 saturated heterocycles. The van der Waals surface area contributed by atoms with E-state index in [9.17, 15) is 25.0 Å². The zero-order valence-corrected chi connectivity index (χ0v) is 11.6. The summed E-state index contributed by atoms with van der Waals surface area (Å²) in [6, 6.07) is 2.13. The molecule has 120 valence electrons. The van der Waals surface area contributed by atoms with E-state index in [0.717, 1.165) is 12.1 Å². The Kier molecular flexibility index (Phi) is 4.50. The molecule has 1 atom stereocenters. The second-order valence-corrected chi connectivity index (χ2v) is 4.60. The van der Waals surface area contributed by atoms with Crippen molar-refractivity contribution in [2.75, 3.05) is 5.32 Å². The lowest BCUT2D eigenvalue weighted by atomic mass is 10.1. The summed E-state index contributed by atoms with van der Waals surface area (Å²) in [7, 11) is 0. The number of nitrogens with zero attached hydrogens (tertiary/aromatic N) is 3. The standard InChI is InChI=1S/C12H12N6O5/c13-12(19)10(3-7-5-14-6-15-7)16-9-2-1-8(17(20)21)4-11(9)18(22)23/h1-2,4-6,10,16H,3H2,(H2,13,19)(H,14,15)/t10-/m0/s1. The van der Waals surface area contributed by atoms with Crippen molar-refractivity contribution >= 4 is 23.0 Å². The van der Waals surface area contributed by atoms with Gasteiger partial charge in [0.05, 0.1) is 22.2 Å². The maximum atomic E-state index is 11.5. The maximum absolute atomic E-state index is 11.5. The summed E-state index contributed by atoms with van der Waals surface area (Å²) in [5.41, 5.74) is 4.91. The molecule has 11 nitrogen and oxygen atoms in total. The first-order chi connectivity index (χ1) is 10.9. The smallest absolute Gasteiger partial charge is 0.299 e. The van der Waals surface area contributed by atoms with E-state index in [1.165, 1.54) is 18.6 Å². The summed E-state index contributed by atoms with van der Waals surface area (Å²) in [5, 5.41) is 24.4. The Morgan fingerprint density at radius 3 is 2.61 bits per heavy atom. The molecule has 0 spiro atoms. The van der Waals surface area contributed by atoms with E-state index in [4.69, 9.17) is 5.73 Å². The highest BCUT2D eigenvalue weighted by Crippen LogP contribution is 2.29. The van der Waals surface area contributed by atoms with E-state index < -0.39 is 33.2 Å². The molecule has 1 aromatic carbocycles. The number of aromatic amines is 1. The lowest BCUT2D eigenvalue weighted by molar-refractivity contribution is -0.393. The molecule has 2 rings (SSSR count). The molecule has 0 unspecified atom stereocenters. The van der Waals surface area contributed by atoms with Crippen LogP contribution in [0.2, 0.25) is 0 Å². The summed E-state index contributed by atoms with van der Waals surface area (Å²) in [6.45, 7) is 0. The summed E-state index contributed by atoms with van der Waals surface area (Å²) in [6.07, 6.45) is 3.03. The third kappa shape index (κ3) is 3.78. The van der Waals surface area contributed by atoms with Crippen LogP contribution in [0.1, 0.15) is 5.69 Å². The van der Waals surface area contributed by atoms with Gasteiger partial charge < -0.3 is 16.0 Å². The van der Waals surface area contributed by atoms with Crippen molar-refractivity contribution in [1.29, 1.82) is 0 Å². The van der Waals surface area contributed by atoms with Gasteiger partial charge in [-0.3, -0.25) is 25.0 Å². The predicted octanol–water partition coefficient (Wildman–Crippen LogP) is 0.735. The fourth-order valence-corrected chi connectivity index (χ4v) is 1.93. The van der Waals surface area contributed by atoms with Gasteiger partial charge in [-0.2, -0.15) is 0 Å². The van der Waals surface area contributed by atoms with Gasteiger partial charge in [-0.15, -0.1) is 0 Å². The zero-order chi connectivity index (χ0) is 17.0. The van der Waals surface area contributed by atoms with Crippen LogP contribution < -0.4 is 11.1 Å². The first-order valence-corrected chi connectivity index (χ1v) is 6.34. The Hall–Kier alpha value is -3.50. The van der Waals surface area contributed by atoms with Gasteiger partial charge in [0, 0.05) is 24.4 Å². The van der Waals surface area contributed by atoms with Gasteiger partial charge in [-0.1, -0.05) is 0 Å². The SMILES string of the molecule is NC(=O)[C@H](Cc1cnc[nH]1)Nc1ccc([N+](=O)[O-])cc1[N+](=O)[O-]. The molecule has 1 amide bonds. The number of amides is 1. The number of imidazole rings is 1. The summed E-state index contributed by atoms with van der Waals surface area (Å²) >= 11 is 0. The van der Waals surface area contributed by atoms with Crippen molar-refractivity contribution in [1.82, 2.24) is 9.97 Å². The quantitative estimate of drug-likeness (QED) is 0.498. The second-order valence-electron chi connectivity index (χ2n) is 4.60. The molecule has 23 heavy (non-hydrogen) atoms. The first kappa shape index (κ1) is 15.9. The molecule has 0 radical (unpaired) electrons. The monoisotopic (exact) mass is 320 g/mol. The number of benzene rings is 1. The Morgan fingerprint density at radius 1 is 1.35 bits per heavy atom. The largest absolute Gasteiger partial charge is 0.368 e.